The van der Waals surface area contributed by atoms with Gasteiger partial charge in [0, 0.05) is 39.3 Å². The van der Waals surface area contributed by atoms with E-state index in [9.17, 15) is 4.79 Å². The van der Waals surface area contributed by atoms with Crippen molar-refractivity contribution in [2.24, 2.45) is 10.8 Å². The summed E-state index contributed by atoms with van der Waals surface area (Å²) in [4.78, 5) is 21.5. The van der Waals surface area contributed by atoms with Crippen LogP contribution in [0.3, 0.4) is 0 Å². The molecule has 0 aromatic rings. The van der Waals surface area contributed by atoms with Gasteiger partial charge in [-0.1, -0.05) is 26.7 Å². The van der Waals surface area contributed by atoms with Crippen LogP contribution in [-0.2, 0) is 4.79 Å². The number of Topliss-reactive ketones (excluding diaryl/α,β-unsaturated/α-hetero) is 1. The molecule has 23 heavy (non-hydrogen) atoms. The molecule has 4 nitrogen and oxygen atoms in total. The minimum absolute atomic E-state index is 0.0605. The molecule has 0 atom stereocenters. The molecule has 5 heterocycles. The van der Waals surface area contributed by atoms with Gasteiger partial charge < -0.3 is 4.90 Å². The number of carbonyl (C=O) groups is 1. The Morgan fingerprint density at radius 2 is 1.30 bits per heavy atom. The summed E-state index contributed by atoms with van der Waals surface area (Å²) in [5.41, 5.74) is 0.145. The summed E-state index contributed by atoms with van der Waals surface area (Å²) < 4.78 is 0. The van der Waals surface area contributed by atoms with Crippen LogP contribution in [0.5, 0.6) is 0 Å². The van der Waals surface area contributed by atoms with Gasteiger partial charge in [0.15, 0.2) is 0 Å². The Morgan fingerprint density at radius 3 is 1.70 bits per heavy atom. The molecule has 0 unspecified atom stereocenters. The van der Waals surface area contributed by atoms with E-state index >= 15 is 0 Å². The maximum Gasteiger partial charge on any atom is 0.150 e. The van der Waals surface area contributed by atoms with E-state index in [1.165, 1.54) is 25.9 Å². The fourth-order valence-electron chi connectivity index (χ4n) is 6.42. The van der Waals surface area contributed by atoms with Gasteiger partial charge in [0.2, 0.25) is 0 Å². The molecule has 5 rings (SSSR count). The SMILES string of the molecule is CCCC12CN3CC(CCC)(CN(C1)C31CCN(C)CC1)C2=O. The topological polar surface area (TPSA) is 26.8 Å². The Kier molecular flexibility index (Phi) is 3.68. The van der Waals surface area contributed by atoms with Gasteiger partial charge in [-0.05, 0) is 32.7 Å². The second kappa shape index (κ2) is 5.27. The summed E-state index contributed by atoms with van der Waals surface area (Å²) in [6.07, 6.45) is 6.93. The molecule has 130 valence electrons. The zero-order chi connectivity index (χ0) is 16.3. The van der Waals surface area contributed by atoms with Crippen molar-refractivity contribution in [1.82, 2.24) is 14.7 Å². The number of nitrogens with zero attached hydrogens (tertiary/aromatic N) is 3. The van der Waals surface area contributed by atoms with E-state index in [4.69, 9.17) is 0 Å². The Bertz CT molecular complexity index is 449. The van der Waals surface area contributed by atoms with E-state index in [0.29, 0.717) is 5.78 Å². The van der Waals surface area contributed by atoms with E-state index in [1.54, 1.807) is 0 Å². The maximum absolute atomic E-state index is 13.5. The predicted octanol–water partition coefficient (Wildman–Crippen LogP) is 2.20. The fourth-order valence-corrected chi connectivity index (χ4v) is 6.42. The molecule has 0 saturated carbocycles. The lowest BCUT2D eigenvalue weighted by Crippen LogP contribution is -2.84. The summed E-state index contributed by atoms with van der Waals surface area (Å²) in [7, 11) is 2.24. The number of hydrogen-bond acceptors (Lipinski definition) is 4. The van der Waals surface area contributed by atoms with Crippen LogP contribution in [0.2, 0.25) is 0 Å². The van der Waals surface area contributed by atoms with E-state index in [2.05, 4.69) is 35.6 Å². The summed E-state index contributed by atoms with van der Waals surface area (Å²) in [5, 5.41) is 0. The summed E-state index contributed by atoms with van der Waals surface area (Å²) in [5.74, 6) is 0.629. The zero-order valence-corrected chi connectivity index (χ0v) is 15.2. The van der Waals surface area contributed by atoms with Crippen LogP contribution in [0.4, 0.5) is 0 Å². The van der Waals surface area contributed by atoms with Crippen molar-refractivity contribution in [2.45, 2.75) is 58.0 Å². The highest BCUT2D eigenvalue weighted by Crippen LogP contribution is 2.56. The van der Waals surface area contributed by atoms with Crippen LogP contribution >= 0.6 is 0 Å². The van der Waals surface area contributed by atoms with E-state index in [-0.39, 0.29) is 16.5 Å². The molecule has 5 saturated heterocycles. The molecule has 0 radical (unpaired) electrons. The van der Waals surface area contributed by atoms with E-state index < -0.39 is 0 Å². The Morgan fingerprint density at radius 1 is 0.870 bits per heavy atom. The number of ketones is 1. The van der Waals surface area contributed by atoms with Crippen molar-refractivity contribution in [3.8, 4) is 0 Å². The van der Waals surface area contributed by atoms with Crippen LogP contribution in [0, 0.1) is 10.8 Å². The van der Waals surface area contributed by atoms with Gasteiger partial charge in [-0.3, -0.25) is 14.6 Å². The molecule has 0 amide bonds. The molecule has 0 aromatic heterocycles. The van der Waals surface area contributed by atoms with Crippen molar-refractivity contribution < 1.29 is 4.79 Å². The van der Waals surface area contributed by atoms with Crippen LogP contribution in [0.1, 0.15) is 52.4 Å². The number of hydrogen-bond donors (Lipinski definition) is 0. The van der Waals surface area contributed by atoms with Gasteiger partial charge in [-0.2, -0.15) is 0 Å². The Balaban J connectivity index is 1.70. The first-order valence-electron chi connectivity index (χ1n) is 9.74. The first-order valence-corrected chi connectivity index (χ1v) is 9.74. The first-order chi connectivity index (χ1) is 11.0. The molecule has 5 aliphatic rings. The fraction of sp³-hybridized carbons (Fsp3) is 0.947. The number of carbonyl (C=O) groups excluding carboxylic acids is 1. The molecule has 0 aromatic carbocycles. The van der Waals surface area contributed by atoms with Crippen LogP contribution in [0.15, 0.2) is 0 Å². The lowest BCUT2D eigenvalue weighted by molar-refractivity contribution is -0.247. The third kappa shape index (κ3) is 2.04. The third-order valence-corrected chi connectivity index (χ3v) is 7.36. The lowest BCUT2D eigenvalue weighted by Gasteiger charge is -2.72. The molecular weight excluding hydrogens is 286 g/mol. The monoisotopic (exact) mass is 319 g/mol. The highest BCUT2D eigenvalue weighted by Gasteiger charge is 2.68. The first kappa shape index (κ1) is 16.0. The highest BCUT2D eigenvalue weighted by atomic mass is 16.1. The van der Waals surface area contributed by atoms with Crippen LogP contribution in [0.25, 0.3) is 0 Å². The lowest BCUT2D eigenvalue weighted by atomic mass is 9.56. The molecule has 4 heteroatoms. The average molecular weight is 319 g/mol. The third-order valence-electron chi connectivity index (χ3n) is 7.36. The standard InChI is InChI=1S/C19H33N3O/c1-4-6-17-12-21-14-18(7-5-2,16(17)23)15-22(13-17)19(21)8-10-20(3)11-9-19/h4-15H2,1-3H3. The largest absolute Gasteiger partial charge is 0.306 e. The van der Waals surface area contributed by atoms with Gasteiger partial charge in [0.25, 0.3) is 0 Å². The quantitative estimate of drug-likeness (QED) is 0.794. The maximum atomic E-state index is 13.5. The second-order valence-corrected chi connectivity index (χ2v) is 8.89. The van der Waals surface area contributed by atoms with Gasteiger partial charge >= 0.3 is 0 Å². The smallest absolute Gasteiger partial charge is 0.150 e. The van der Waals surface area contributed by atoms with Gasteiger partial charge in [-0.15, -0.1) is 0 Å². The number of rotatable bonds is 4. The van der Waals surface area contributed by atoms with Gasteiger partial charge in [-0.25, -0.2) is 0 Å². The Labute approximate surface area is 141 Å². The average Bonchev–Trinajstić information content (AvgIpc) is 2.51. The van der Waals surface area contributed by atoms with Crippen LogP contribution < -0.4 is 0 Å². The summed E-state index contributed by atoms with van der Waals surface area (Å²) in [6, 6.07) is 0. The van der Waals surface area contributed by atoms with Crippen molar-refractivity contribution >= 4 is 5.78 Å². The van der Waals surface area contributed by atoms with Gasteiger partial charge in [0.05, 0.1) is 16.5 Å². The minimum atomic E-state index is -0.0605. The van der Waals surface area contributed by atoms with E-state index in [1.807, 2.05) is 0 Å². The highest BCUT2D eigenvalue weighted by molar-refractivity contribution is 5.93. The van der Waals surface area contributed by atoms with Crippen molar-refractivity contribution in [3.63, 3.8) is 0 Å². The molecule has 0 aliphatic carbocycles. The molecule has 5 fully saturated rings. The molecule has 4 bridgehead atoms. The van der Waals surface area contributed by atoms with Crippen LogP contribution in [-0.4, -0.2) is 72.5 Å². The van der Waals surface area contributed by atoms with Crippen molar-refractivity contribution in [1.29, 1.82) is 0 Å². The predicted molar refractivity (Wildman–Crippen MR) is 92.3 cm³/mol. The number of likely N-dealkylation sites (tertiary alicyclic amines) is 1. The molecule has 0 N–H and O–H groups in total. The summed E-state index contributed by atoms with van der Waals surface area (Å²) in [6.45, 7) is 11.0. The molecular formula is C19H33N3O. The van der Waals surface area contributed by atoms with Crippen molar-refractivity contribution in [2.75, 3.05) is 46.3 Å². The molecule has 5 aliphatic heterocycles. The second-order valence-electron chi connectivity index (χ2n) is 8.89. The van der Waals surface area contributed by atoms with Gasteiger partial charge in [0.1, 0.15) is 5.78 Å². The number of piperidine rings is 3. The van der Waals surface area contributed by atoms with Crippen molar-refractivity contribution in [3.05, 3.63) is 0 Å². The minimum Gasteiger partial charge on any atom is -0.306 e. The summed E-state index contributed by atoms with van der Waals surface area (Å²) >= 11 is 0. The Hall–Kier alpha value is -0.450. The van der Waals surface area contributed by atoms with E-state index in [0.717, 1.165) is 51.9 Å². The zero-order valence-electron chi connectivity index (χ0n) is 15.2. The normalized spacial score (nSPS) is 45.1. The molecule has 1 spiro atoms.